The molecule has 0 amide bonds. The maximum Gasteiger partial charge on any atom is 0.134 e. The molecule has 1 aromatic carbocycles. The molecule has 4 rings (SSSR count). The van der Waals surface area contributed by atoms with Gasteiger partial charge in [0.15, 0.2) is 0 Å². The highest BCUT2D eigenvalue weighted by atomic mass is 15.3. The van der Waals surface area contributed by atoms with Crippen molar-refractivity contribution in [2.45, 2.75) is 52.1 Å². The highest BCUT2D eigenvalue weighted by Gasteiger charge is 2.19. The number of nitrogens with one attached hydrogen (secondary N) is 1. The van der Waals surface area contributed by atoms with E-state index in [1.54, 1.807) is 0 Å². The SMILES string of the molecule is Cc1nccn1-c1ccc(N2CCC(NCCc3nncn3C(C)C)CC2)cc1. The molecule has 1 aliphatic heterocycles. The van der Waals surface area contributed by atoms with Crippen LogP contribution in [0.3, 0.4) is 0 Å². The van der Waals surface area contributed by atoms with Crippen LogP contribution >= 0.6 is 0 Å². The van der Waals surface area contributed by atoms with Crippen LogP contribution in [0.2, 0.25) is 0 Å². The molecule has 154 valence electrons. The predicted octanol–water partition coefficient (Wildman–Crippen LogP) is 3.15. The van der Waals surface area contributed by atoms with Crippen LogP contribution in [0.1, 0.15) is 44.4 Å². The third-order valence-corrected chi connectivity index (χ3v) is 5.80. The standard InChI is InChI=1S/C22H31N7/c1-17(2)29-16-25-26-22(29)8-11-24-19-9-13-27(14-10-19)20-4-6-21(7-5-20)28-15-12-23-18(28)3/h4-7,12,15-17,19,24H,8-11,13-14H2,1-3H3. The van der Waals surface area contributed by atoms with Gasteiger partial charge in [0, 0.05) is 61.9 Å². The van der Waals surface area contributed by atoms with Crippen molar-refractivity contribution in [1.29, 1.82) is 0 Å². The zero-order valence-corrected chi connectivity index (χ0v) is 17.6. The van der Waals surface area contributed by atoms with Crippen molar-refractivity contribution in [1.82, 2.24) is 29.6 Å². The summed E-state index contributed by atoms with van der Waals surface area (Å²) in [7, 11) is 0. The number of nitrogens with zero attached hydrogens (tertiary/aromatic N) is 6. The average Bonchev–Trinajstić information content (AvgIpc) is 3.38. The first-order valence-electron chi connectivity index (χ1n) is 10.6. The molecule has 3 heterocycles. The Kier molecular flexibility index (Phi) is 5.94. The number of aryl methyl sites for hydroxylation is 1. The van der Waals surface area contributed by atoms with Gasteiger partial charge in [0.1, 0.15) is 18.0 Å². The molecule has 3 aromatic rings. The summed E-state index contributed by atoms with van der Waals surface area (Å²) in [5.41, 5.74) is 2.46. The maximum atomic E-state index is 4.30. The number of imidazole rings is 1. The number of rotatable bonds is 7. The van der Waals surface area contributed by atoms with Crippen molar-refractivity contribution in [3.63, 3.8) is 0 Å². The van der Waals surface area contributed by atoms with Crippen molar-refractivity contribution < 1.29 is 0 Å². The van der Waals surface area contributed by atoms with Crippen molar-refractivity contribution >= 4 is 5.69 Å². The van der Waals surface area contributed by atoms with Crippen LogP contribution in [0.15, 0.2) is 43.0 Å². The lowest BCUT2D eigenvalue weighted by Crippen LogP contribution is -2.43. The number of aromatic nitrogens is 5. The highest BCUT2D eigenvalue weighted by Crippen LogP contribution is 2.22. The number of piperidine rings is 1. The molecule has 2 aromatic heterocycles. The molecular weight excluding hydrogens is 362 g/mol. The molecule has 0 aliphatic carbocycles. The molecule has 7 heteroatoms. The van der Waals surface area contributed by atoms with Gasteiger partial charge in [-0.15, -0.1) is 10.2 Å². The summed E-state index contributed by atoms with van der Waals surface area (Å²) < 4.78 is 4.26. The summed E-state index contributed by atoms with van der Waals surface area (Å²) in [5, 5.41) is 12.0. The molecule has 7 nitrogen and oxygen atoms in total. The van der Waals surface area contributed by atoms with Crippen LogP contribution in [0, 0.1) is 6.92 Å². The monoisotopic (exact) mass is 393 g/mol. The number of anilines is 1. The van der Waals surface area contributed by atoms with Crippen molar-refractivity contribution in [2.75, 3.05) is 24.5 Å². The maximum absolute atomic E-state index is 4.30. The van der Waals surface area contributed by atoms with Crippen LogP contribution in [0.5, 0.6) is 0 Å². The quantitative estimate of drug-likeness (QED) is 0.668. The van der Waals surface area contributed by atoms with Gasteiger partial charge in [-0.05, 0) is 57.9 Å². The van der Waals surface area contributed by atoms with Gasteiger partial charge in [0.2, 0.25) is 0 Å². The summed E-state index contributed by atoms with van der Waals surface area (Å²) in [6.45, 7) is 9.48. The Labute approximate surface area is 172 Å². The van der Waals surface area contributed by atoms with Gasteiger partial charge in [0.05, 0.1) is 0 Å². The number of hydrogen-bond acceptors (Lipinski definition) is 5. The van der Waals surface area contributed by atoms with E-state index < -0.39 is 0 Å². The van der Waals surface area contributed by atoms with E-state index in [1.165, 1.54) is 18.5 Å². The first-order chi connectivity index (χ1) is 14.1. The Morgan fingerprint density at radius 1 is 1.10 bits per heavy atom. The lowest BCUT2D eigenvalue weighted by Gasteiger charge is -2.34. The fraction of sp³-hybridized carbons (Fsp3) is 0.500. The Morgan fingerprint density at radius 3 is 2.48 bits per heavy atom. The minimum atomic E-state index is 0.410. The molecule has 0 radical (unpaired) electrons. The first-order valence-corrected chi connectivity index (χ1v) is 10.6. The van der Waals surface area contributed by atoms with Crippen LogP contribution in [-0.2, 0) is 6.42 Å². The lowest BCUT2D eigenvalue weighted by molar-refractivity contribution is 0.413. The fourth-order valence-electron chi connectivity index (χ4n) is 4.08. The Bertz CT molecular complexity index is 901. The van der Waals surface area contributed by atoms with E-state index in [1.807, 2.05) is 25.6 Å². The topological polar surface area (TPSA) is 63.8 Å². The van der Waals surface area contributed by atoms with Gasteiger partial charge in [-0.3, -0.25) is 0 Å². The van der Waals surface area contributed by atoms with Crippen LogP contribution < -0.4 is 10.2 Å². The summed E-state index contributed by atoms with van der Waals surface area (Å²) in [5.74, 6) is 2.08. The Balaban J connectivity index is 1.25. The van der Waals surface area contributed by atoms with E-state index in [2.05, 4.69) is 72.6 Å². The van der Waals surface area contributed by atoms with Crippen LogP contribution in [0.25, 0.3) is 5.69 Å². The second kappa shape index (κ2) is 8.78. The zero-order chi connectivity index (χ0) is 20.2. The second-order valence-electron chi connectivity index (χ2n) is 8.07. The van der Waals surface area contributed by atoms with Crippen molar-refractivity contribution in [3.8, 4) is 5.69 Å². The average molecular weight is 394 g/mol. The molecule has 1 saturated heterocycles. The van der Waals surface area contributed by atoms with E-state index in [9.17, 15) is 0 Å². The molecular formula is C22H31N7. The van der Waals surface area contributed by atoms with Crippen LogP contribution in [0.4, 0.5) is 5.69 Å². The lowest BCUT2D eigenvalue weighted by atomic mass is 10.0. The number of benzene rings is 1. The summed E-state index contributed by atoms with van der Waals surface area (Å²) in [6, 6.07) is 9.79. The van der Waals surface area contributed by atoms with Gasteiger partial charge in [0.25, 0.3) is 0 Å². The molecule has 0 saturated carbocycles. The van der Waals surface area contributed by atoms with Gasteiger partial charge in [-0.25, -0.2) is 4.98 Å². The second-order valence-corrected chi connectivity index (χ2v) is 8.07. The zero-order valence-electron chi connectivity index (χ0n) is 17.6. The summed E-state index contributed by atoms with van der Waals surface area (Å²) >= 11 is 0. The van der Waals surface area contributed by atoms with Gasteiger partial charge in [-0.1, -0.05) is 0 Å². The third-order valence-electron chi connectivity index (χ3n) is 5.80. The highest BCUT2D eigenvalue weighted by molar-refractivity contribution is 5.51. The minimum absolute atomic E-state index is 0.410. The largest absolute Gasteiger partial charge is 0.371 e. The normalized spacial score (nSPS) is 15.4. The van der Waals surface area contributed by atoms with E-state index in [0.717, 1.165) is 43.4 Å². The van der Waals surface area contributed by atoms with Crippen LogP contribution in [-0.4, -0.2) is 50.0 Å². The minimum Gasteiger partial charge on any atom is -0.371 e. The van der Waals surface area contributed by atoms with E-state index in [-0.39, 0.29) is 0 Å². The van der Waals surface area contributed by atoms with Crippen molar-refractivity contribution in [2.24, 2.45) is 0 Å². The van der Waals surface area contributed by atoms with Gasteiger partial charge >= 0.3 is 0 Å². The molecule has 0 spiro atoms. The molecule has 29 heavy (non-hydrogen) atoms. The Morgan fingerprint density at radius 2 is 1.83 bits per heavy atom. The smallest absolute Gasteiger partial charge is 0.134 e. The van der Waals surface area contributed by atoms with Gasteiger partial charge < -0.3 is 19.4 Å². The van der Waals surface area contributed by atoms with E-state index in [4.69, 9.17) is 0 Å². The van der Waals surface area contributed by atoms with Gasteiger partial charge in [-0.2, -0.15) is 0 Å². The van der Waals surface area contributed by atoms with E-state index in [0.29, 0.717) is 12.1 Å². The first kappa shape index (κ1) is 19.6. The molecule has 0 unspecified atom stereocenters. The summed E-state index contributed by atoms with van der Waals surface area (Å²) in [6.07, 6.45) is 8.93. The molecule has 0 atom stereocenters. The molecule has 1 fully saturated rings. The third kappa shape index (κ3) is 4.50. The molecule has 0 bridgehead atoms. The summed E-state index contributed by atoms with van der Waals surface area (Å²) in [4.78, 5) is 6.79. The molecule has 1 N–H and O–H groups in total. The fourth-order valence-corrected chi connectivity index (χ4v) is 4.08. The molecule has 1 aliphatic rings. The number of hydrogen-bond donors (Lipinski definition) is 1. The van der Waals surface area contributed by atoms with Crippen molar-refractivity contribution in [3.05, 3.63) is 54.6 Å². The Hall–Kier alpha value is -2.67. The van der Waals surface area contributed by atoms with E-state index >= 15 is 0 Å². The predicted molar refractivity (Wildman–Crippen MR) is 116 cm³/mol.